The highest BCUT2D eigenvalue weighted by Crippen LogP contribution is 2.61. The first kappa shape index (κ1) is 22.0. The van der Waals surface area contributed by atoms with Crippen molar-refractivity contribution >= 4 is 46.4 Å². The number of nitrogens with one attached hydrogen (secondary N) is 1. The monoisotopic (exact) mass is 496 g/mol. The van der Waals surface area contributed by atoms with Crippen molar-refractivity contribution in [2.75, 3.05) is 23.9 Å². The average molecular weight is 497 g/mol. The number of hydrogen-bond acceptors (Lipinski definition) is 7. The number of carbonyl (C=O) groups excluding carboxylic acids is 3. The summed E-state index contributed by atoms with van der Waals surface area (Å²) in [4.78, 5) is 55.6. The fourth-order valence-electron chi connectivity index (χ4n) is 6.64. The number of halogens is 1. The van der Waals surface area contributed by atoms with Gasteiger partial charge in [-0.25, -0.2) is 4.90 Å². The van der Waals surface area contributed by atoms with Crippen LogP contribution in [0.4, 0.5) is 17.1 Å². The quantitative estimate of drug-likeness (QED) is 0.393. The van der Waals surface area contributed by atoms with Gasteiger partial charge in [-0.1, -0.05) is 23.7 Å². The highest BCUT2D eigenvalue weighted by Gasteiger charge is 2.74. The summed E-state index contributed by atoms with van der Waals surface area (Å²) in [5, 5.41) is 14.7. The van der Waals surface area contributed by atoms with E-state index in [9.17, 15) is 24.5 Å². The summed E-state index contributed by atoms with van der Waals surface area (Å²) in [7, 11) is 1.29. The fourth-order valence-corrected chi connectivity index (χ4v) is 6.86. The van der Waals surface area contributed by atoms with Crippen molar-refractivity contribution in [2.24, 2.45) is 11.8 Å². The number of carbonyl (C=O) groups is 3. The molecule has 0 saturated carbocycles. The molecule has 4 heterocycles. The van der Waals surface area contributed by atoms with Crippen molar-refractivity contribution in [1.29, 1.82) is 0 Å². The molecule has 2 aromatic rings. The molecule has 1 N–H and O–H groups in total. The van der Waals surface area contributed by atoms with E-state index >= 15 is 0 Å². The zero-order chi connectivity index (χ0) is 24.8. The minimum Gasteiger partial charge on any atom is -0.490 e. The Morgan fingerprint density at radius 2 is 2.00 bits per heavy atom. The van der Waals surface area contributed by atoms with Crippen LogP contribution in [0.1, 0.15) is 24.0 Å². The first-order valence-corrected chi connectivity index (χ1v) is 11.7. The lowest BCUT2D eigenvalue weighted by atomic mass is 9.75. The van der Waals surface area contributed by atoms with Crippen molar-refractivity contribution < 1.29 is 24.0 Å². The Morgan fingerprint density at radius 1 is 1.23 bits per heavy atom. The van der Waals surface area contributed by atoms with E-state index in [1.54, 1.807) is 25.1 Å². The number of para-hydroxylation sites is 1. The molecule has 10 nitrogen and oxygen atoms in total. The Labute approximate surface area is 204 Å². The lowest BCUT2D eigenvalue weighted by molar-refractivity contribution is -0.385. The highest BCUT2D eigenvalue weighted by molar-refractivity contribution is 6.35. The van der Waals surface area contributed by atoms with E-state index < -0.39 is 34.1 Å². The molecule has 0 radical (unpaired) electrons. The second-order valence-corrected chi connectivity index (χ2v) is 9.78. The Hall–Kier alpha value is -3.50. The standard InChI is InChI=1S/C24H21ClN4O6/c1-11-9-16(29(33)34)17(35-2)10-15(11)28-21(30)18-14-7-4-8-27(14)24(19(18)22(28)31)12-5-3-6-13(25)20(12)26-23(24)32/h3,5-6,9-10,14,18-19H,4,7-8H2,1-2H3,(H,26,32)/t14-,18+,19-,24-/m0/s1. The number of hydrogen-bond donors (Lipinski definition) is 1. The van der Waals surface area contributed by atoms with Gasteiger partial charge in [0.05, 0.1) is 40.3 Å². The molecule has 180 valence electrons. The molecule has 4 aliphatic heterocycles. The maximum absolute atomic E-state index is 14.1. The first-order chi connectivity index (χ1) is 16.7. The Bertz CT molecular complexity index is 1360. The van der Waals surface area contributed by atoms with Crippen molar-refractivity contribution in [2.45, 2.75) is 31.3 Å². The summed E-state index contributed by atoms with van der Waals surface area (Å²) in [5.74, 6) is -2.99. The summed E-state index contributed by atoms with van der Waals surface area (Å²) in [6.45, 7) is 2.19. The maximum Gasteiger partial charge on any atom is 0.311 e. The van der Waals surface area contributed by atoms with Crippen LogP contribution in [0.3, 0.4) is 0 Å². The van der Waals surface area contributed by atoms with Crippen molar-refractivity contribution in [3.8, 4) is 5.75 Å². The number of benzene rings is 2. The van der Waals surface area contributed by atoms with Crippen LogP contribution in [0, 0.1) is 28.9 Å². The number of amides is 3. The predicted octanol–water partition coefficient (Wildman–Crippen LogP) is 3.00. The average Bonchev–Trinajstić information content (AvgIpc) is 3.53. The number of nitro benzene ring substituents is 1. The van der Waals surface area contributed by atoms with Crippen molar-refractivity contribution in [1.82, 2.24) is 4.90 Å². The number of nitrogens with zero attached hydrogens (tertiary/aromatic N) is 3. The van der Waals surface area contributed by atoms with Gasteiger partial charge in [0.2, 0.25) is 11.8 Å². The van der Waals surface area contributed by atoms with E-state index in [1.165, 1.54) is 19.2 Å². The van der Waals surface area contributed by atoms with Crippen molar-refractivity contribution in [3.05, 3.63) is 56.6 Å². The van der Waals surface area contributed by atoms with Crippen LogP contribution in [-0.2, 0) is 19.9 Å². The normalized spacial score (nSPS) is 28.9. The first-order valence-electron chi connectivity index (χ1n) is 11.3. The summed E-state index contributed by atoms with van der Waals surface area (Å²) >= 11 is 6.40. The van der Waals surface area contributed by atoms with E-state index in [2.05, 4.69) is 5.32 Å². The Morgan fingerprint density at radius 3 is 2.71 bits per heavy atom. The molecule has 3 fully saturated rings. The Balaban J connectivity index is 1.54. The molecule has 6 rings (SSSR count). The molecule has 1 spiro atoms. The van der Waals surface area contributed by atoms with Crippen LogP contribution >= 0.6 is 11.6 Å². The van der Waals surface area contributed by atoms with Gasteiger partial charge in [0.1, 0.15) is 5.54 Å². The van der Waals surface area contributed by atoms with E-state index in [-0.39, 0.29) is 29.1 Å². The number of methoxy groups -OCH3 is 1. The van der Waals surface area contributed by atoms with Gasteiger partial charge in [0.15, 0.2) is 5.75 Å². The van der Waals surface area contributed by atoms with Crippen LogP contribution < -0.4 is 15.0 Å². The van der Waals surface area contributed by atoms with Crippen LogP contribution in [0.5, 0.6) is 5.75 Å². The van der Waals surface area contributed by atoms with E-state index in [0.29, 0.717) is 34.8 Å². The molecule has 0 aliphatic carbocycles. The maximum atomic E-state index is 14.1. The van der Waals surface area contributed by atoms with E-state index in [1.807, 2.05) is 4.90 Å². The molecule has 2 aromatic carbocycles. The SMILES string of the molecule is COc1cc(N2C(=O)[C@H]3[C@@H](C2=O)[C@@]2(C(=O)Nc4c(Cl)cccc42)N2CCC[C@@H]32)c(C)cc1[N+](=O)[O-]. The largest absolute Gasteiger partial charge is 0.490 e. The third-order valence-electron chi connectivity index (χ3n) is 7.91. The van der Waals surface area contributed by atoms with Crippen molar-refractivity contribution in [3.63, 3.8) is 0 Å². The second kappa shape index (κ2) is 7.25. The minimum absolute atomic E-state index is 0.0544. The third-order valence-corrected chi connectivity index (χ3v) is 8.23. The van der Waals surface area contributed by atoms with Gasteiger partial charge in [-0.15, -0.1) is 0 Å². The van der Waals surface area contributed by atoms with Gasteiger partial charge in [-0.2, -0.15) is 0 Å². The van der Waals surface area contributed by atoms with Crippen LogP contribution in [-0.4, -0.2) is 47.2 Å². The van der Waals surface area contributed by atoms with Gasteiger partial charge < -0.3 is 10.1 Å². The molecule has 0 unspecified atom stereocenters. The topological polar surface area (TPSA) is 122 Å². The van der Waals surface area contributed by atoms with Gasteiger partial charge in [0, 0.05) is 23.7 Å². The number of ether oxygens (including phenoxy) is 1. The van der Waals surface area contributed by atoms with Crippen LogP contribution in [0.15, 0.2) is 30.3 Å². The fraction of sp³-hybridized carbons (Fsp3) is 0.375. The number of rotatable bonds is 3. The van der Waals surface area contributed by atoms with Crippen LogP contribution in [0.25, 0.3) is 0 Å². The van der Waals surface area contributed by atoms with Gasteiger partial charge in [-0.05, 0) is 37.9 Å². The number of fused-ring (bicyclic) bond motifs is 7. The number of nitro groups is 1. The molecule has 4 atom stereocenters. The summed E-state index contributed by atoms with van der Waals surface area (Å²) in [5.41, 5.74) is 0.0850. The summed E-state index contributed by atoms with van der Waals surface area (Å²) < 4.78 is 5.19. The molecular weight excluding hydrogens is 476 g/mol. The lowest BCUT2D eigenvalue weighted by Crippen LogP contribution is -2.54. The van der Waals surface area contributed by atoms with Gasteiger partial charge in [-0.3, -0.25) is 29.4 Å². The molecule has 11 heteroatoms. The molecule has 3 amide bonds. The molecule has 35 heavy (non-hydrogen) atoms. The van der Waals surface area contributed by atoms with E-state index in [0.717, 1.165) is 11.3 Å². The van der Waals surface area contributed by atoms with Gasteiger partial charge in [0.25, 0.3) is 5.91 Å². The third kappa shape index (κ3) is 2.55. The smallest absolute Gasteiger partial charge is 0.311 e. The second-order valence-electron chi connectivity index (χ2n) is 9.37. The van der Waals surface area contributed by atoms with Crippen LogP contribution in [0.2, 0.25) is 5.02 Å². The molecule has 0 aromatic heterocycles. The zero-order valence-corrected chi connectivity index (χ0v) is 19.7. The minimum atomic E-state index is -1.34. The highest BCUT2D eigenvalue weighted by atomic mass is 35.5. The summed E-state index contributed by atoms with van der Waals surface area (Å²) in [6.07, 6.45) is 1.48. The molecule has 0 bridgehead atoms. The predicted molar refractivity (Wildman–Crippen MR) is 125 cm³/mol. The number of aryl methyl sites for hydroxylation is 1. The number of imide groups is 1. The molecular formula is C24H21ClN4O6. The van der Waals surface area contributed by atoms with Gasteiger partial charge >= 0.3 is 5.69 Å². The summed E-state index contributed by atoms with van der Waals surface area (Å²) in [6, 6.07) is 7.57. The lowest BCUT2D eigenvalue weighted by Gasteiger charge is -2.36. The zero-order valence-electron chi connectivity index (χ0n) is 18.9. The molecule has 3 saturated heterocycles. The molecule has 4 aliphatic rings. The Kier molecular flexibility index (Phi) is 4.56. The number of anilines is 2. The van der Waals surface area contributed by atoms with E-state index in [4.69, 9.17) is 16.3 Å².